The van der Waals surface area contributed by atoms with E-state index in [0.717, 1.165) is 6.07 Å². The molecule has 1 aromatic rings. The van der Waals surface area contributed by atoms with Gasteiger partial charge in [-0.15, -0.1) is 0 Å². The summed E-state index contributed by atoms with van der Waals surface area (Å²) in [5.74, 6) is -2.30. The maximum absolute atomic E-state index is 13.4. The Bertz CT molecular complexity index is 528. The van der Waals surface area contributed by atoms with Gasteiger partial charge in [0.1, 0.15) is 17.4 Å². The molecule has 1 aliphatic rings. The number of halogens is 2. The van der Waals surface area contributed by atoms with Crippen LogP contribution in [0.25, 0.3) is 0 Å². The van der Waals surface area contributed by atoms with Crippen LogP contribution in [0.15, 0.2) is 18.2 Å². The number of Topliss-reactive ketones (excluding diaryl/α,β-unsaturated/α-hetero) is 1. The molecule has 0 N–H and O–H groups in total. The van der Waals surface area contributed by atoms with Crippen LogP contribution >= 0.6 is 0 Å². The molecule has 1 fully saturated rings. The molecule has 0 aliphatic heterocycles. The molecule has 0 unspecified atom stereocenters. The number of hydrogen-bond donors (Lipinski definition) is 0. The zero-order valence-corrected chi connectivity index (χ0v) is 11.2. The highest BCUT2D eigenvalue weighted by Crippen LogP contribution is 2.41. The Hall–Kier alpha value is -1.78. The first-order chi connectivity index (χ1) is 9.52. The molecule has 20 heavy (non-hydrogen) atoms. The predicted molar refractivity (Wildman–Crippen MR) is 67.9 cm³/mol. The number of ether oxygens (including phenoxy) is 1. The first kappa shape index (κ1) is 14.6. The first-order valence-electron chi connectivity index (χ1n) is 6.66. The monoisotopic (exact) mass is 282 g/mol. The van der Waals surface area contributed by atoms with E-state index in [9.17, 15) is 18.4 Å². The lowest BCUT2D eigenvalue weighted by molar-refractivity contribution is -0.145. The second kappa shape index (κ2) is 6.11. The van der Waals surface area contributed by atoms with Crippen molar-refractivity contribution in [3.63, 3.8) is 0 Å². The van der Waals surface area contributed by atoms with Crippen LogP contribution in [0.5, 0.6) is 0 Å². The van der Waals surface area contributed by atoms with E-state index in [2.05, 4.69) is 0 Å². The normalized spacial score (nSPS) is 20.6. The van der Waals surface area contributed by atoms with E-state index in [4.69, 9.17) is 4.74 Å². The van der Waals surface area contributed by atoms with Crippen LogP contribution in [0.4, 0.5) is 8.78 Å². The highest BCUT2D eigenvalue weighted by atomic mass is 19.1. The summed E-state index contributed by atoms with van der Waals surface area (Å²) in [5.41, 5.74) is 0.313. The van der Waals surface area contributed by atoms with E-state index >= 15 is 0 Å². The van der Waals surface area contributed by atoms with Crippen molar-refractivity contribution < 1.29 is 23.1 Å². The predicted octanol–water partition coefficient (Wildman–Crippen LogP) is 2.67. The second-order valence-electron chi connectivity index (χ2n) is 4.90. The molecule has 3 nitrogen and oxygen atoms in total. The van der Waals surface area contributed by atoms with Gasteiger partial charge in [-0.05, 0) is 31.4 Å². The molecular weight excluding hydrogens is 266 g/mol. The average Bonchev–Trinajstić information content (AvgIpc) is 3.18. The van der Waals surface area contributed by atoms with Gasteiger partial charge >= 0.3 is 5.97 Å². The molecule has 0 bridgehead atoms. The number of ketones is 1. The minimum atomic E-state index is -0.643. The number of benzene rings is 1. The average molecular weight is 282 g/mol. The summed E-state index contributed by atoms with van der Waals surface area (Å²) in [5, 5.41) is 0. The van der Waals surface area contributed by atoms with Crippen LogP contribution in [0.2, 0.25) is 0 Å². The SMILES string of the molecule is CCOC(=O)[C@H]1C[C@@H]1C(=O)CCc1ccc(F)cc1F. The van der Waals surface area contributed by atoms with Gasteiger partial charge in [0.05, 0.1) is 12.5 Å². The van der Waals surface area contributed by atoms with Gasteiger partial charge in [0.2, 0.25) is 0 Å². The number of rotatable bonds is 6. The Kier molecular flexibility index (Phi) is 4.47. The minimum absolute atomic E-state index is 0.0632. The van der Waals surface area contributed by atoms with E-state index in [1.54, 1.807) is 6.92 Å². The Labute approximate surface area is 115 Å². The Balaban J connectivity index is 1.83. The largest absolute Gasteiger partial charge is 0.466 e. The van der Waals surface area contributed by atoms with Gasteiger partial charge < -0.3 is 4.74 Å². The highest BCUT2D eigenvalue weighted by Gasteiger charge is 2.48. The minimum Gasteiger partial charge on any atom is -0.466 e. The fraction of sp³-hybridized carbons (Fsp3) is 0.467. The summed E-state index contributed by atoms with van der Waals surface area (Å²) < 4.78 is 31.0. The molecule has 0 spiro atoms. The van der Waals surface area contributed by atoms with E-state index in [0.29, 0.717) is 18.6 Å². The lowest BCUT2D eigenvalue weighted by atomic mass is 10.0. The standard InChI is InChI=1S/C15H16F2O3/c1-2-20-15(19)12-8-11(12)14(18)6-4-9-3-5-10(16)7-13(9)17/h3,5,7,11-12H,2,4,6,8H2,1H3/t11-,12-/m0/s1. The van der Waals surface area contributed by atoms with Crippen molar-refractivity contribution in [1.82, 2.24) is 0 Å². The van der Waals surface area contributed by atoms with Gasteiger partial charge in [0.15, 0.2) is 0 Å². The third-order valence-corrected chi connectivity index (χ3v) is 3.45. The van der Waals surface area contributed by atoms with Crippen molar-refractivity contribution in [3.05, 3.63) is 35.4 Å². The second-order valence-corrected chi connectivity index (χ2v) is 4.90. The first-order valence-corrected chi connectivity index (χ1v) is 6.66. The molecule has 0 radical (unpaired) electrons. The van der Waals surface area contributed by atoms with Gasteiger partial charge in [-0.3, -0.25) is 9.59 Å². The van der Waals surface area contributed by atoms with E-state index < -0.39 is 11.6 Å². The zero-order valence-electron chi connectivity index (χ0n) is 11.2. The van der Waals surface area contributed by atoms with Crippen molar-refractivity contribution in [1.29, 1.82) is 0 Å². The van der Waals surface area contributed by atoms with Crippen molar-refractivity contribution in [2.75, 3.05) is 6.61 Å². The molecule has 1 aromatic carbocycles. The topological polar surface area (TPSA) is 43.4 Å². The van der Waals surface area contributed by atoms with Crippen molar-refractivity contribution >= 4 is 11.8 Å². The number of carbonyl (C=O) groups is 2. The van der Waals surface area contributed by atoms with Crippen molar-refractivity contribution in [3.8, 4) is 0 Å². The third-order valence-electron chi connectivity index (χ3n) is 3.45. The number of aryl methyl sites for hydroxylation is 1. The Morgan fingerprint density at radius 3 is 2.70 bits per heavy atom. The van der Waals surface area contributed by atoms with Gasteiger partial charge in [-0.25, -0.2) is 8.78 Å². The lowest BCUT2D eigenvalue weighted by Gasteiger charge is -2.03. The number of hydrogen-bond acceptors (Lipinski definition) is 3. The Morgan fingerprint density at radius 1 is 1.30 bits per heavy atom. The van der Waals surface area contributed by atoms with E-state index in [-0.39, 0.29) is 36.4 Å². The molecule has 2 rings (SSSR count). The van der Waals surface area contributed by atoms with Gasteiger partial charge in [-0.2, -0.15) is 0 Å². The molecule has 2 atom stereocenters. The summed E-state index contributed by atoms with van der Waals surface area (Å²) in [6.45, 7) is 2.02. The van der Waals surface area contributed by atoms with Crippen LogP contribution < -0.4 is 0 Å². The van der Waals surface area contributed by atoms with Gasteiger partial charge in [0.25, 0.3) is 0 Å². The summed E-state index contributed by atoms with van der Waals surface area (Å²) in [6.07, 6.45) is 0.893. The molecular formula is C15H16F2O3. The summed E-state index contributed by atoms with van der Waals surface area (Å²) in [7, 11) is 0. The molecule has 0 amide bonds. The van der Waals surface area contributed by atoms with Crippen LogP contribution in [-0.2, 0) is 20.7 Å². The van der Waals surface area contributed by atoms with Crippen LogP contribution in [0.1, 0.15) is 25.3 Å². The van der Waals surface area contributed by atoms with Crippen LogP contribution in [-0.4, -0.2) is 18.4 Å². The molecule has 0 aromatic heterocycles. The zero-order chi connectivity index (χ0) is 14.7. The fourth-order valence-corrected chi connectivity index (χ4v) is 2.23. The summed E-state index contributed by atoms with van der Waals surface area (Å²) in [6, 6.07) is 3.31. The smallest absolute Gasteiger partial charge is 0.309 e. The lowest BCUT2D eigenvalue weighted by Crippen LogP contribution is -2.12. The maximum Gasteiger partial charge on any atom is 0.309 e. The van der Waals surface area contributed by atoms with Crippen molar-refractivity contribution in [2.45, 2.75) is 26.2 Å². The van der Waals surface area contributed by atoms with Gasteiger partial charge in [-0.1, -0.05) is 6.07 Å². The summed E-state index contributed by atoms with van der Waals surface area (Å²) in [4.78, 5) is 23.3. The molecule has 0 saturated heterocycles. The Morgan fingerprint density at radius 2 is 2.05 bits per heavy atom. The molecule has 0 heterocycles. The van der Waals surface area contributed by atoms with Crippen molar-refractivity contribution in [2.24, 2.45) is 11.8 Å². The molecule has 5 heteroatoms. The molecule has 1 aliphatic carbocycles. The maximum atomic E-state index is 13.4. The number of carbonyl (C=O) groups excluding carboxylic acids is 2. The van der Waals surface area contributed by atoms with E-state index in [1.807, 2.05) is 0 Å². The third kappa shape index (κ3) is 3.40. The number of esters is 1. The van der Waals surface area contributed by atoms with E-state index in [1.165, 1.54) is 12.1 Å². The molecule has 108 valence electrons. The highest BCUT2D eigenvalue weighted by molar-refractivity contribution is 5.91. The van der Waals surface area contributed by atoms with Crippen LogP contribution in [0, 0.1) is 23.5 Å². The quantitative estimate of drug-likeness (QED) is 0.753. The fourth-order valence-electron chi connectivity index (χ4n) is 2.23. The van der Waals surface area contributed by atoms with Crippen LogP contribution in [0.3, 0.4) is 0 Å². The summed E-state index contributed by atoms with van der Waals surface area (Å²) >= 11 is 0. The van der Waals surface area contributed by atoms with Gasteiger partial charge in [0, 0.05) is 18.4 Å². The molecule has 1 saturated carbocycles.